The topological polar surface area (TPSA) is 68.6 Å². The van der Waals surface area contributed by atoms with Gasteiger partial charge in [0.15, 0.2) is 0 Å². The molecule has 1 heterocycles. The zero-order valence-corrected chi connectivity index (χ0v) is 12.5. The first kappa shape index (κ1) is 14.8. The molecule has 0 radical (unpaired) electrons. The van der Waals surface area contributed by atoms with E-state index in [0.29, 0.717) is 17.7 Å². The molecular formula is C19H16N2O2. The van der Waals surface area contributed by atoms with Crippen LogP contribution in [0, 0.1) is 0 Å². The molecule has 1 aromatic heterocycles. The van der Waals surface area contributed by atoms with Crippen molar-refractivity contribution in [1.29, 1.82) is 0 Å². The van der Waals surface area contributed by atoms with E-state index in [9.17, 15) is 4.79 Å². The number of hydrogen-bond donors (Lipinski definition) is 1. The highest BCUT2D eigenvalue weighted by atomic mass is 16.3. The van der Waals surface area contributed by atoms with Gasteiger partial charge < -0.3 is 10.2 Å². The lowest BCUT2D eigenvalue weighted by Gasteiger charge is -2.05. The molecule has 4 nitrogen and oxygen atoms in total. The Labute approximate surface area is 133 Å². The molecule has 0 fully saturated rings. The van der Waals surface area contributed by atoms with Crippen LogP contribution in [0.15, 0.2) is 76.7 Å². The first-order valence-corrected chi connectivity index (χ1v) is 7.25. The summed E-state index contributed by atoms with van der Waals surface area (Å²) in [4.78, 5) is 16.2. The number of amides is 1. The summed E-state index contributed by atoms with van der Waals surface area (Å²) in [7, 11) is 0. The number of primary amides is 1. The summed E-state index contributed by atoms with van der Waals surface area (Å²) in [5, 5.41) is 0.810. The molecule has 23 heavy (non-hydrogen) atoms. The summed E-state index contributed by atoms with van der Waals surface area (Å²) in [6.45, 7) is 3.76. The van der Waals surface area contributed by atoms with Crippen LogP contribution in [0.5, 0.6) is 0 Å². The second kappa shape index (κ2) is 6.32. The molecule has 0 aliphatic rings. The third-order valence-corrected chi connectivity index (χ3v) is 3.47. The fraction of sp³-hybridized carbons (Fsp3) is 0.0526. The van der Waals surface area contributed by atoms with Crippen LogP contribution < -0.4 is 11.3 Å². The van der Waals surface area contributed by atoms with Crippen LogP contribution in [0.4, 0.5) is 5.69 Å². The lowest BCUT2D eigenvalue weighted by atomic mass is 10.1. The molecule has 2 N–H and O–H groups in total. The highest BCUT2D eigenvalue weighted by Crippen LogP contribution is 2.20. The Balaban J connectivity index is 2.32. The van der Waals surface area contributed by atoms with Gasteiger partial charge in [0.05, 0.1) is 5.69 Å². The van der Waals surface area contributed by atoms with E-state index in [4.69, 9.17) is 10.2 Å². The number of fused-ring (bicyclic) bond motifs is 1. The van der Waals surface area contributed by atoms with Gasteiger partial charge in [-0.25, -0.2) is 4.99 Å². The van der Waals surface area contributed by atoms with Crippen LogP contribution in [0.3, 0.4) is 0 Å². The fourth-order valence-electron chi connectivity index (χ4n) is 2.41. The molecule has 0 bridgehead atoms. The molecule has 0 atom stereocenters. The Bertz CT molecular complexity index is 940. The van der Waals surface area contributed by atoms with E-state index in [1.54, 1.807) is 12.1 Å². The fourth-order valence-corrected chi connectivity index (χ4v) is 2.41. The second-order valence-corrected chi connectivity index (χ2v) is 5.11. The largest absolute Gasteiger partial charge is 0.437 e. The number of allylic oxidation sites excluding steroid dienone is 1. The standard InChI is InChI=1S/C19H16N2O2/c1-2-7-13-8-6-9-14-12-16(18(20)22)19(23-17(13)14)21-15-10-4-3-5-11-15/h2-6,8-12H,1,7H2,(H2,20,22). The molecule has 0 aliphatic heterocycles. The summed E-state index contributed by atoms with van der Waals surface area (Å²) in [6, 6.07) is 16.8. The summed E-state index contributed by atoms with van der Waals surface area (Å²) in [6.07, 6.45) is 2.47. The average Bonchev–Trinajstić information content (AvgIpc) is 2.56. The molecule has 3 aromatic rings. The first-order chi connectivity index (χ1) is 11.2. The van der Waals surface area contributed by atoms with Crippen molar-refractivity contribution in [2.45, 2.75) is 6.42 Å². The predicted molar refractivity (Wildman–Crippen MR) is 90.3 cm³/mol. The number of nitrogens with two attached hydrogens (primary N) is 1. The smallest absolute Gasteiger partial charge is 0.254 e. The summed E-state index contributed by atoms with van der Waals surface area (Å²) in [5.41, 5.74) is 8.32. The van der Waals surface area contributed by atoms with Crippen molar-refractivity contribution in [1.82, 2.24) is 0 Å². The van der Waals surface area contributed by atoms with Crippen LogP contribution in [0.1, 0.15) is 15.9 Å². The van der Waals surface area contributed by atoms with Crippen molar-refractivity contribution in [2.75, 3.05) is 0 Å². The third-order valence-electron chi connectivity index (χ3n) is 3.47. The number of carbonyl (C=O) groups is 1. The van der Waals surface area contributed by atoms with Crippen LogP contribution in [-0.2, 0) is 6.42 Å². The van der Waals surface area contributed by atoms with E-state index in [1.165, 1.54) is 0 Å². The van der Waals surface area contributed by atoms with Crippen molar-refractivity contribution in [3.8, 4) is 0 Å². The molecule has 2 aromatic carbocycles. The average molecular weight is 304 g/mol. The van der Waals surface area contributed by atoms with Crippen LogP contribution >= 0.6 is 0 Å². The zero-order chi connectivity index (χ0) is 16.2. The zero-order valence-electron chi connectivity index (χ0n) is 12.5. The van der Waals surface area contributed by atoms with Gasteiger partial charge in [0.2, 0.25) is 5.55 Å². The maximum atomic E-state index is 11.8. The van der Waals surface area contributed by atoms with E-state index in [0.717, 1.165) is 10.9 Å². The van der Waals surface area contributed by atoms with Crippen molar-refractivity contribution >= 4 is 22.6 Å². The number of rotatable bonds is 4. The molecule has 1 amide bonds. The predicted octanol–water partition coefficient (Wildman–Crippen LogP) is 3.49. The van der Waals surface area contributed by atoms with E-state index in [1.807, 2.05) is 48.5 Å². The molecule has 0 unspecified atom stereocenters. The maximum Gasteiger partial charge on any atom is 0.254 e. The van der Waals surface area contributed by atoms with Gasteiger partial charge in [0.25, 0.3) is 5.91 Å². The van der Waals surface area contributed by atoms with Gasteiger partial charge in [-0.15, -0.1) is 6.58 Å². The first-order valence-electron chi connectivity index (χ1n) is 7.25. The quantitative estimate of drug-likeness (QED) is 0.750. The Hall–Kier alpha value is -3.14. The minimum atomic E-state index is -0.570. The number of nitrogens with zero attached hydrogens (tertiary/aromatic N) is 1. The number of para-hydroxylation sites is 2. The highest BCUT2D eigenvalue weighted by Gasteiger charge is 2.11. The third kappa shape index (κ3) is 3.06. The summed E-state index contributed by atoms with van der Waals surface area (Å²) < 4.78 is 5.93. The Morgan fingerprint density at radius 3 is 2.65 bits per heavy atom. The van der Waals surface area contributed by atoms with E-state index < -0.39 is 5.91 Å². The van der Waals surface area contributed by atoms with Crippen molar-refractivity contribution < 1.29 is 9.21 Å². The molecule has 0 spiro atoms. The van der Waals surface area contributed by atoms with Crippen LogP contribution in [0.25, 0.3) is 11.0 Å². The monoisotopic (exact) mass is 304 g/mol. The van der Waals surface area contributed by atoms with Gasteiger partial charge in [-0.3, -0.25) is 4.79 Å². The molecule has 0 aliphatic carbocycles. The van der Waals surface area contributed by atoms with Gasteiger partial charge in [-0.2, -0.15) is 0 Å². The second-order valence-electron chi connectivity index (χ2n) is 5.11. The van der Waals surface area contributed by atoms with Crippen molar-refractivity contribution in [3.63, 3.8) is 0 Å². The number of benzene rings is 2. The van der Waals surface area contributed by atoms with Gasteiger partial charge in [0.1, 0.15) is 11.1 Å². The minimum absolute atomic E-state index is 0.215. The lowest BCUT2D eigenvalue weighted by Crippen LogP contribution is -2.21. The molecule has 0 saturated carbocycles. The Kier molecular flexibility index (Phi) is 4.06. The molecule has 3 rings (SSSR count). The number of carbonyl (C=O) groups excluding carboxylic acids is 1. The van der Waals surface area contributed by atoms with E-state index >= 15 is 0 Å². The van der Waals surface area contributed by atoms with Gasteiger partial charge in [-0.1, -0.05) is 42.5 Å². The molecule has 4 heteroatoms. The highest BCUT2D eigenvalue weighted by molar-refractivity contribution is 5.95. The number of hydrogen-bond acceptors (Lipinski definition) is 3. The summed E-state index contributed by atoms with van der Waals surface area (Å²) >= 11 is 0. The van der Waals surface area contributed by atoms with Crippen molar-refractivity contribution in [3.05, 3.63) is 83.9 Å². The SMILES string of the molecule is C=CCc1cccc2cc(C(N)=O)c(=Nc3ccccc3)oc12. The van der Waals surface area contributed by atoms with E-state index in [2.05, 4.69) is 11.6 Å². The minimum Gasteiger partial charge on any atom is -0.437 e. The van der Waals surface area contributed by atoms with Crippen LogP contribution in [-0.4, -0.2) is 5.91 Å². The Morgan fingerprint density at radius 2 is 1.96 bits per heavy atom. The van der Waals surface area contributed by atoms with Gasteiger partial charge in [0, 0.05) is 5.39 Å². The van der Waals surface area contributed by atoms with Gasteiger partial charge >= 0.3 is 0 Å². The lowest BCUT2D eigenvalue weighted by molar-refractivity contribution is 0.0996. The summed E-state index contributed by atoms with van der Waals surface area (Å²) in [5.74, 6) is -0.570. The van der Waals surface area contributed by atoms with Crippen molar-refractivity contribution in [2.24, 2.45) is 10.7 Å². The molecule has 114 valence electrons. The van der Waals surface area contributed by atoms with Gasteiger partial charge in [-0.05, 0) is 30.2 Å². The molecular weight excluding hydrogens is 288 g/mol. The van der Waals surface area contributed by atoms with Crippen LogP contribution in [0.2, 0.25) is 0 Å². The normalized spacial score (nSPS) is 11.6. The maximum absolute atomic E-state index is 11.8. The molecule has 0 saturated heterocycles. The Morgan fingerprint density at radius 1 is 1.17 bits per heavy atom. The van der Waals surface area contributed by atoms with E-state index in [-0.39, 0.29) is 11.1 Å².